The summed E-state index contributed by atoms with van der Waals surface area (Å²) in [5.74, 6) is -0.981. The minimum Gasteiger partial charge on any atom is -0.503 e. The molecule has 0 saturated carbocycles. The van der Waals surface area contributed by atoms with Gasteiger partial charge in [-0.2, -0.15) is 0 Å². The van der Waals surface area contributed by atoms with Gasteiger partial charge in [-0.3, -0.25) is 14.5 Å². The molecule has 2 aromatic heterocycles. The Hall–Kier alpha value is -3.56. The summed E-state index contributed by atoms with van der Waals surface area (Å²) in [6.45, 7) is 8.24. The lowest BCUT2D eigenvalue weighted by Crippen LogP contribution is -2.31. The molecule has 1 N–H and O–H groups in total. The number of nitrogens with zero attached hydrogens (tertiary/aromatic N) is 3. The van der Waals surface area contributed by atoms with E-state index in [0.717, 1.165) is 33.6 Å². The first-order valence-corrected chi connectivity index (χ1v) is 13.8. The zero-order valence-corrected chi connectivity index (χ0v) is 22.7. The molecule has 0 saturated heterocycles. The molecule has 5 rings (SSSR count). The molecule has 1 atom stereocenters. The molecule has 2 aromatic carbocycles. The number of aryl methyl sites for hydroxylation is 3. The average Bonchev–Trinajstić information content (AvgIpc) is 3.52. The number of aliphatic hydroxyl groups excluding tert-OH is 1. The van der Waals surface area contributed by atoms with Crippen molar-refractivity contribution >= 4 is 49.7 Å². The van der Waals surface area contributed by atoms with E-state index in [2.05, 4.69) is 11.9 Å². The van der Waals surface area contributed by atoms with E-state index in [0.29, 0.717) is 33.6 Å². The van der Waals surface area contributed by atoms with Crippen LogP contribution in [0.4, 0.5) is 5.13 Å². The van der Waals surface area contributed by atoms with Gasteiger partial charge in [0.1, 0.15) is 5.75 Å². The van der Waals surface area contributed by atoms with Gasteiger partial charge in [0, 0.05) is 0 Å². The van der Waals surface area contributed by atoms with E-state index in [1.54, 1.807) is 6.92 Å². The van der Waals surface area contributed by atoms with Crippen molar-refractivity contribution in [3.8, 4) is 5.75 Å². The van der Waals surface area contributed by atoms with Crippen LogP contribution in [0.3, 0.4) is 0 Å². The zero-order chi connectivity index (χ0) is 26.3. The number of carbonyl (C=O) groups is 2. The van der Waals surface area contributed by atoms with E-state index in [9.17, 15) is 14.7 Å². The molecule has 4 aromatic rings. The number of unbranched alkanes of at least 4 members (excludes halogenated alkanes) is 1. The van der Waals surface area contributed by atoms with Crippen molar-refractivity contribution in [1.29, 1.82) is 0 Å². The summed E-state index contributed by atoms with van der Waals surface area (Å²) < 4.78 is 6.84. The van der Waals surface area contributed by atoms with E-state index < -0.39 is 23.5 Å². The van der Waals surface area contributed by atoms with Crippen LogP contribution in [-0.4, -0.2) is 33.4 Å². The fraction of sp³-hybridized carbons (Fsp3) is 0.286. The molecule has 7 nitrogen and oxygen atoms in total. The van der Waals surface area contributed by atoms with Gasteiger partial charge >= 0.3 is 0 Å². The summed E-state index contributed by atoms with van der Waals surface area (Å²) in [7, 11) is 0. The summed E-state index contributed by atoms with van der Waals surface area (Å²) >= 11 is 2.61. The highest BCUT2D eigenvalue weighted by Gasteiger charge is 2.46. The van der Waals surface area contributed by atoms with Gasteiger partial charge in [0.2, 0.25) is 5.78 Å². The number of aliphatic hydroxyl groups is 1. The third kappa shape index (κ3) is 4.65. The fourth-order valence-electron chi connectivity index (χ4n) is 4.45. The number of ether oxygens (including phenoxy) is 1. The Bertz CT molecular complexity index is 1550. The highest BCUT2D eigenvalue weighted by Crippen LogP contribution is 2.45. The van der Waals surface area contributed by atoms with Crippen molar-refractivity contribution in [2.75, 3.05) is 11.5 Å². The molecule has 1 aliphatic rings. The molecule has 1 amide bonds. The standard InChI is InChI=1S/C28H27N3O4S2/c1-5-6-12-35-19-9-7-8-18(14-19)23-22(24(32)26-16(3)29-17(4)36-26)25(33)27(34)31(23)28-30-20-11-10-15(2)13-21(20)37-28/h7-11,13-14,23,33H,5-6,12H2,1-4H3. The first-order valence-electron chi connectivity index (χ1n) is 12.1. The Balaban J connectivity index is 1.64. The van der Waals surface area contributed by atoms with Crippen LogP contribution in [0.25, 0.3) is 10.2 Å². The van der Waals surface area contributed by atoms with Crippen molar-refractivity contribution in [2.24, 2.45) is 0 Å². The van der Waals surface area contributed by atoms with Gasteiger partial charge in [-0.1, -0.05) is 42.9 Å². The van der Waals surface area contributed by atoms with Gasteiger partial charge in [-0.05, 0) is 62.6 Å². The number of hydrogen-bond donors (Lipinski definition) is 1. The number of thiazole rings is 2. The molecule has 0 fully saturated rings. The Morgan fingerprint density at radius 3 is 2.65 bits per heavy atom. The van der Waals surface area contributed by atoms with Gasteiger partial charge in [0.25, 0.3) is 5.91 Å². The summed E-state index contributed by atoms with van der Waals surface area (Å²) in [5, 5.41) is 12.3. The summed E-state index contributed by atoms with van der Waals surface area (Å²) in [6.07, 6.45) is 1.92. The van der Waals surface area contributed by atoms with Gasteiger partial charge in [-0.15, -0.1) is 11.3 Å². The van der Waals surface area contributed by atoms with E-state index in [-0.39, 0.29) is 5.57 Å². The normalized spacial score (nSPS) is 15.7. The predicted octanol–water partition coefficient (Wildman–Crippen LogP) is 6.64. The molecule has 190 valence electrons. The predicted molar refractivity (Wildman–Crippen MR) is 147 cm³/mol. The van der Waals surface area contributed by atoms with Gasteiger partial charge in [0.05, 0.1) is 44.0 Å². The second-order valence-corrected chi connectivity index (χ2v) is 11.3. The second-order valence-electron chi connectivity index (χ2n) is 9.06. The van der Waals surface area contributed by atoms with Gasteiger partial charge < -0.3 is 9.84 Å². The highest BCUT2D eigenvalue weighted by atomic mass is 32.1. The molecule has 0 bridgehead atoms. The average molecular weight is 534 g/mol. The van der Waals surface area contributed by atoms with Crippen LogP contribution >= 0.6 is 22.7 Å². The Morgan fingerprint density at radius 2 is 1.92 bits per heavy atom. The third-order valence-electron chi connectivity index (χ3n) is 6.24. The number of Topliss-reactive ketones (excluding diaryl/α,β-unsaturated/α-hetero) is 1. The minimum atomic E-state index is -0.863. The fourth-order valence-corrected chi connectivity index (χ4v) is 6.41. The smallest absolute Gasteiger partial charge is 0.296 e. The van der Waals surface area contributed by atoms with Crippen molar-refractivity contribution < 1.29 is 19.4 Å². The van der Waals surface area contributed by atoms with Crippen molar-refractivity contribution in [3.05, 3.63) is 80.5 Å². The number of anilines is 1. The van der Waals surface area contributed by atoms with E-state index in [4.69, 9.17) is 9.72 Å². The number of benzene rings is 2. The topological polar surface area (TPSA) is 92.6 Å². The third-order valence-corrected chi connectivity index (χ3v) is 8.33. The molecular weight excluding hydrogens is 506 g/mol. The molecule has 37 heavy (non-hydrogen) atoms. The monoisotopic (exact) mass is 533 g/mol. The number of hydrogen-bond acceptors (Lipinski definition) is 8. The van der Waals surface area contributed by atoms with Crippen LogP contribution in [0.15, 0.2) is 53.8 Å². The number of amides is 1. The molecule has 0 spiro atoms. The molecular formula is C28H27N3O4S2. The largest absolute Gasteiger partial charge is 0.503 e. The number of carbonyl (C=O) groups excluding carboxylic acids is 2. The van der Waals surface area contributed by atoms with Crippen molar-refractivity contribution in [3.63, 3.8) is 0 Å². The van der Waals surface area contributed by atoms with Crippen LogP contribution in [-0.2, 0) is 4.79 Å². The number of fused-ring (bicyclic) bond motifs is 1. The highest BCUT2D eigenvalue weighted by molar-refractivity contribution is 7.22. The minimum absolute atomic E-state index is 0.0258. The maximum Gasteiger partial charge on any atom is 0.296 e. The van der Waals surface area contributed by atoms with Crippen LogP contribution < -0.4 is 9.64 Å². The van der Waals surface area contributed by atoms with Crippen molar-refractivity contribution in [2.45, 2.75) is 46.6 Å². The molecule has 3 heterocycles. The number of ketones is 1. The first kappa shape index (κ1) is 25.1. The van der Waals surface area contributed by atoms with Crippen LogP contribution in [0.5, 0.6) is 5.75 Å². The number of rotatable bonds is 8. The van der Waals surface area contributed by atoms with Gasteiger partial charge in [-0.25, -0.2) is 9.97 Å². The number of aromatic nitrogens is 2. The Labute approximate surface area is 223 Å². The Kier molecular flexibility index (Phi) is 6.83. The molecule has 9 heteroatoms. The zero-order valence-electron chi connectivity index (χ0n) is 21.1. The maximum absolute atomic E-state index is 13.8. The van der Waals surface area contributed by atoms with Crippen LogP contribution in [0, 0.1) is 20.8 Å². The van der Waals surface area contributed by atoms with Gasteiger partial charge in [0.15, 0.2) is 10.9 Å². The lowest BCUT2D eigenvalue weighted by Gasteiger charge is -2.24. The molecule has 0 radical (unpaired) electrons. The Morgan fingerprint density at radius 1 is 1.11 bits per heavy atom. The molecule has 1 unspecified atom stereocenters. The maximum atomic E-state index is 13.8. The molecule has 1 aliphatic heterocycles. The van der Waals surface area contributed by atoms with Crippen LogP contribution in [0.2, 0.25) is 0 Å². The lowest BCUT2D eigenvalue weighted by atomic mass is 9.95. The first-order chi connectivity index (χ1) is 17.8. The van der Waals surface area contributed by atoms with E-state index >= 15 is 0 Å². The summed E-state index contributed by atoms with van der Waals surface area (Å²) in [5.41, 5.74) is 3.09. The SMILES string of the molecule is CCCCOc1cccc(C2C(C(=O)c3sc(C)nc3C)=C(O)C(=O)N2c2nc3ccc(C)cc3s2)c1. The molecule has 0 aliphatic carbocycles. The summed E-state index contributed by atoms with van der Waals surface area (Å²) in [4.78, 5) is 38.3. The van der Waals surface area contributed by atoms with Crippen LogP contribution in [0.1, 0.15) is 57.3 Å². The quantitative estimate of drug-likeness (QED) is 0.202. The van der Waals surface area contributed by atoms with E-state index in [1.807, 2.05) is 56.3 Å². The lowest BCUT2D eigenvalue weighted by molar-refractivity contribution is -0.117. The second kappa shape index (κ2) is 10.1. The summed E-state index contributed by atoms with van der Waals surface area (Å²) in [6, 6.07) is 12.4. The van der Waals surface area contributed by atoms with Crippen molar-refractivity contribution in [1.82, 2.24) is 9.97 Å². The van der Waals surface area contributed by atoms with E-state index in [1.165, 1.54) is 27.6 Å².